The van der Waals surface area contributed by atoms with Gasteiger partial charge in [-0.2, -0.15) is 5.10 Å². The molecule has 1 unspecified atom stereocenters. The average molecular weight is 568 g/mol. The summed E-state index contributed by atoms with van der Waals surface area (Å²) in [5.41, 5.74) is 9.97. The van der Waals surface area contributed by atoms with Crippen LogP contribution in [0.15, 0.2) is 61.1 Å². The fraction of sp³-hybridized carbons (Fsp3) is 0.355. The van der Waals surface area contributed by atoms with Gasteiger partial charge in [0, 0.05) is 43.0 Å². The maximum atomic E-state index is 13.0. The molecule has 1 saturated heterocycles. The van der Waals surface area contributed by atoms with E-state index >= 15 is 0 Å². The molecule has 11 nitrogen and oxygen atoms in total. The first-order valence-electron chi connectivity index (χ1n) is 14.2. The summed E-state index contributed by atoms with van der Waals surface area (Å²) in [6, 6.07) is 11.0. The lowest BCUT2D eigenvalue weighted by molar-refractivity contribution is -0.127. The lowest BCUT2D eigenvalue weighted by Crippen LogP contribution is -2.40. The zero-order chi connectivity index (χ0) is 29.8. The second-order valence-electron chi connectivity index (χ2n) is 11.2. The molecule has 1 aromatic carbocycles. The minimum Gasteiger partial charge on any atom is -0.383 e. The molecule has 0 bridgehead atoms. The predicted octanol–water partition coefficient (Wildman–Crippen LogP) is 4.13. The molecule has 5 rings (SSSR count). The molecule has 0 aliphatic carbocycles. The largest absolute Gasteiger partial charge is 0.383 e. The highest BCUT2D eigenvalue weighted by molar-refractivity contribution is 6.04. The summed E-state index contributed by atoms with van der Waals surface area (Å²) in [7, 11) is 3.93. The van der Waals surface area contributed by atoms with Crippen molar-refractivity contribution in [3.05, 3.63) is 72.2 Å². The number of amides is 2. The van der Waals surface area contributed by atoms with Gasteiger partial charge in [0.25, 0.3) is 5.91 Å². The number of nitrogen functional groups attached to an aromatic ring is 1. The first-order valence-corrected chi connectivity index (χ1v) is 14.2. The SMILES string of the molecule is CC(C)c1ccnc(NC(=O)c2ccc(-c3nn(C4CCCN(C(=O)C=CCN(C)C)C4)c4ncnc(N)c34)cc2)c1. The fourth-order valence-electron chi connectivity index (χ4n) is 5.12. The number of anilines is 2. The summed E-state index contributed by atoms with van der Waals surface area (Å²) in [6.07, 6.45) is 8.37. The number of fused-ring (bicyclic) bond motifs is 1. The van der Waals surface area contributed by atoms with Crippen LogP contribution in [0.5, 0.6) is 0 Å². The van der Waals surface area contributed by atoms with Gasteiger partial charge in [-0.05, 0) is 62.7 Å². The van der Waals surface area contributed by atoms with Crippen molar-refractivity contribution in [2.24, 2.45) is 0 Å². The van der Waals surface area contributed by atoms with Crippen LogP contribution in [-0.4, -0.2) is 80.1 Å². The molecule has 1 aliphatic rings. The van der Waals surface area contributed by atoms with Crippen LogP contribution in [0.1, 0.15) is 54.6 Å². The quantitative estimate of drug-likeness (QED) is 0.304. The third-order valence-corrected chi connectivity index (χ3v) is 7.42. The molecular formula is C31H37N9O2. The second-order valence-corrected chi connectivity index (χ2v) is 11.2. The van der Waals surface area contributed by atoms with Crippen LogP contribution in [-0.2, 0) is 4.79 Å². The van der Waals surface area contributed by atoms with Gasteiger partial charge in [-0.15, -0.1) is 0 Å². The summed E-state index contributed by atoms with van der Waals surface area (Å²) in [4.78, 5) is 42.7. The van der Waals surface area contributed by atoms with E-state index < -0.39 is 0 Å². The van der Waals surface area contributed by atoms with Gasteiger partial charge in [0.2, 0.25) is 5.91 Å². The zero-order valence-electron chi connectivity index (χ0n) is 24.5. The van der Waals surface area contributed by atoms with Gasteiger partial charge in [0.1, 0.15) is 23.7 Å². The molecule has 1 fully saturated rings. The van der Waals surface area contributed by atoms with Crippen molar-refractivity contribution in [1.82, 2.24) is 34.5 Å². The predicted molar refractivity (Wildman–Crippen MR) is 164 cm³/mol. The molecule has 3 N–H and O–H groups in total. The Labute approximate surface area is 245 Å². The highest BCUT2D eigenvalue weighted by Crippen LogP contribution is 2.34. The number of nitrogens with zero attached hydrogens (tertiary/aromatic N) is 7. The molecule has 1 atom stereocenters. The van der Waals surface area contributed by atoms with Crippen molar-refractivity contribution in [1.29, 1.82) is 0 Å². The van der Waals surface area contributed by atoms with Crippen LogP contribution in [0.2, 0.25) is 0 Å². The number of rotatable bonds is 8. The Bertz CT molecular complexity index is 1610. The third-order valence-electron chi connectivity index (χ3n) is 7.42. The van der Waals surface area contributed by atoms with E-state index in [-0.39, 0.29) is 17.9 Å². The van der Waals surface area contributed by atoms with Gasteiger partial charge >= 0.3 is 0 Å². The van der Waals surface area contributed by atoms with E-state index in [0.29, 0.717) is 59.5 Å². The zero-order valence-corrected chi connectivity index (χ0v) is 24.5. The Hall–Kier alpha value is -4.64. The van der Waals surface area contributed by atoms with Crippen LogP contribution in [0.3, 0.4) is 0 Å². The Morgan fingerprint density at radius 3 is 2.67 bits per heavy atom. The van der Waals surface area contributed by atoms with E-state index in [4.69, 9.17) is 10.8 Å². The molecule has 0 spiro atoms. The number of likely N-dealkylation sites (N-methyl/N-ethyl adjacent to an activating group) is 1. The molecule has 4 aromatic rings. The van der Waals surface area contributed by atoms with Crippen LogP contribution in [0.4, 0.5) is 11.6 Å². The highest BCUT2D eigenvalue weighted by Gasteiger charge is 2.28. The maximum Gasteiger partial charge on any atom is 0.256 e. The maximum absolute atomic E-state index is 13.0. The second kappa shape index (κ2) is 12.5. The number of piperidine rings is 1. The first kappa shape index (κ1) is 28.9. The first-order chi connectivity index (χ1) is 20.2. The number of hydrogen-bond acceptors (Lipinski definition) is 8. The van der Waals surface area contributed by atoms with Crippen molar-refractivity contribution in [3.8, 4) is 11.3 Å². The Kier molecular flexibility index (Phi) is 8.58. The van der Waals surface area contributed by atoms with Crippen molar-refractivity contribution < 1.29 is 9.59 Å². The Balaban J connectivity index is 1.39. The van der Waals surface area contributed by atoms with E-state index in [0.717, 1.165) is 24.0 Å². The molecule has 0 radical (unpaired) electrons. The van der Waals surface area contributed by atoms with E-state index in [1.54, 1.807) is 24.4 Å². The van der Waals surface area contributed by atoms with E-state index in [1.165, 1.54) is 6.33 Å². The lowest BCUT2D eigenvalue weighted by atomic mass is 10.0. The topological polar surface area (TPSA) is 135 Å². The highest BCUT2D eigenvalue weighted by atomic mass is 16.2. The lowest BCUT2D eigenvalue weighted by Gasteiger charge is -2.32. The average Bonchev–Trinajstić information content (AvgIpc) is 3.38. The number of carbonyl (C=O) groups is 2. The Morgan fingerprint density at radius 1 is 1.14 bits per heavy atom. The van der Waals surface area contributed by atoms with E-state index in [9.17, 15) is 9.59 Å². The molecule has 3 aromatic heterocycles. The van der Waals surface area contributed by atoms with Crippen LogP contribution < -0.4 is 11.1 Å². The standard InChI is InChI=1S/C31H37N9O2/c1-20(2)23-13-14-33-25(17-23)36-31(42)22-11-9-21(10-12-22)28-27-29(32)34-19-35-30(27)40(37-28)24-7-5-16-39(18-24)26(41)8-6-15-38(3)4/h6,8-14,17,19-20,24H,5,7,15-16,18H2,1-4H3,(H2,32,34,35)(H,33,36,42). The van der Waals surface area contributed by atoms with Gasteiger partial charge < -0.3 is 20.9 Å². The van der Waals surface area contributed by atoms with Crippen molar-refractivity contribution in [3.63, 3.8) is 0 Å². The van der Waals surface area contributed by atoms with Gasteiger partial charge in [0.15, 0.2) is 5.65 Å². The van der Waals surface area contributed by atoms with Gasteiger partial charge in [-0.3, -0.25) is 9.59 Å². The summed E-state index contributed by atoms with van der Waals surface area (Å²) in [6.45, 7) is 6.12. The minimum atomic E-state index is -0.250. The fourth-order valence-corrected chi connectivity index (χ4v) is 5.12. The summed E-state index contributed by atoms with van der Waals surface area (Å²) in [5.74, 6) is 0.913. The summed E-state index contributed by atoms with van der Waals surface area (Å²) in [5, 5.41) is 8.48. The normalized spacial score (nSPS) is 15.7. The molecule has 11 heteroatoms. The number of carbonyl (C=O) groups excluding carboxylic acids is 2. The summed E-state index contributed by atoms with van der Waals surface area (Å²) >= 11 is 0. The van der Waals surface area contributed by atoms with Crippen LogP contribution >= 0.6 is 0 Å². The molecule has 218 valence electrons. The van der Waals surface area contributed by atoms with Gasteiger partial charge in [-0.25, -0.2) is 19.6 Å². The molecule has 1 aliphatic heterocycles. The number of benzene rings is 1. The number of aromatic nitrogens is 5. The van der Waals surface area contributed by atoms with E-state index in [1.807, 2.05) is 58.9 Å². The smallest absolute Gasteiger partial charge is 0.256 e. The third kappa shape index (κ3) is 6.31. The monoisotopic (exact) mass is 567 g/mol. The van der Waals surface area contributed by atoms with Gasteiger partial charge in [-0.1, -0.05) is 32.1 Å². The van der Waals surface area contributed by atoms with Crippen LogP contribution in [0, 0.1) is 0 Å². The van der Waals surface area contributed by atoms with Crippen molar-refractivity contribution in [2.45, 2.75) is 38.6 Å². The molecular weight excluding hydrogens is 530 g/mol. The van der Waals surface area contributed by atoms with Gasteiger partial charge in [0.05, 0.1) is 11.4 Å². The number of pyridine rings is 1. The van der Waals surface area contributed by atoms with Crippen molar-refractivity contribution >= 4 is 34.5 Å². The molecule has 2 amide bonds. The van der Waals surface area contributed by atoms with E-state index in [2.05, 4.69) is 34.1 Å². The molecule has 0 saturated carbocycles. The van der Waals surface area contributed by atoms with Crippen LogP contribution in [0.25, 0.3) is 22.3 Å². The molecule has 4 heterocycles. The number of likely N-dealkylation sites (tertiary alicyclic amines) is 1. The summed E-state index contributed by atoms with van der Waals surface area (Å²) < 4.78 is 1.87. The molecule has 42 heavy (non-hydrogen) atoms. The number of nitrogens with two attached hydrogens (primary N) is 1. The minimum absolute atomic E-state index is 0.00706. The number of nitrogens with one attached hydrogen (secondary N) is 1. The Morgan fingerprint density at radius 2 is 1.93 bits per heavy atom. The number of hydrogen-bond donors (Lipinski definition) is 2. The van der Waals surface area contributed by atoms with Crippen molar-refractivity contribution in [2.75, 3.05) is 44.8 Å².